The molecule has 5 nitrogen and oxygen atoms in total. The number of benzene rings is 1. The van der Waals surface area contributed by atoms with Crippen molar-refractivity contribution < 1.29 is 14.6 Å². The summed E-state index contributed by atoms with van der Waals surface area (Å²) in [6.45, 7) is 4.51. The van der Waals surface area contributed by atoms with Crippen molar-refractivity contribution in [1.82, 2.24) is 10.2 Å². The number of nitrogens with one attached hydrogen (secondary N) is 1. The smallest absolute Gasteiger partial charge is 0.317 e. The normalized spacial score (nSPS) is 10.8. The molecule has 1 aromatic carbocycles. The zero-order valence-corrected chi connectivity index (χ0v) is 12.5. The third-order valence-electron chi connectivity index (χ3n) is 2.95. The summed E-state index contributed by atoms with van der Waals surface area (Å²) in [5.74, 6) is 0.0229. The van der Waals surface area contributed by atoms with E-state index in [1.807, 2.05) is 18.2 Å². The first-order chi connectivity index (χ1) is 9.56. The molecule has 0 aliphatic carbocycles. The van der Waals surface area contributed by atoms with Gasteiger partial charge in [-0.1, -0.05) is 19.1 Å². The van der Waals surface area contributed by atoms with E-state index in [2.05, 4.69) is 12.2 Å². The lowest BCUT2D eigenvalue weighted by atomic mass is 10.1. The number of carboxylic acid groups (broad SMARTS) is 1. The first-order valence-corrected chi connectivity index (χ1v) is 6.83. The predicted molar refractivity (Wildman–Crippen MR) is 79.0 cm³/mol. The molecular formula is C15H24N2O3. The number of likely N-dealkylation sites (N-methyl/N-ethyl adjacent to an activating group) is 1. The van der Waals surface area contributed by atoms with Crippen LogP contribution in [0.5, 0.6) is 5.75 Å². The molecule has 0 aliphatic rings. The Hall–Kier alpha value is -1.59. The third kappa shape index (κ3) is 5.59. The number of methoxy groups -OCH3 is 1. The molecule has 0 spiro atoms. The van der Waals surface area contributed by atoms with E-state index in [0.717, 1.165) is 36.4 Å². The number of carbonyl (C=O) groups is 1. The van der Waals surface area contributed by atoms with E-state index >= 15 is 0 Å². The van der Waals surface area contributed by atoms with Crippen LogP contribution in [-0.2, 0) is 17.9 Å². The Morgan fingerprint density at radius 2 is 2.20 bits per heavy atom. The van der Waals surface area contributed by atoms with E-state index in [1.54, 1.807) is 19.1 Å². The number of carboxylic acids is 1. The van der Waals surface area contributed by atoms with Crippen LogP contribution in [0.15, 0.2) is 18.2 Å². The van der Waals surface area contributed by atoms with Gasteiger partial charge >= 0.3 is 5.97 Å². The van der Waals surface area contributed by atoms with Crippen molar-refractivity contribution in [3.8, 4) is 5.75 Å². The van der Waals surface area contributed by atoms with Crippen molar-refractivity contribution in [3.05, 3.63) is 29.3 Å². The summed E-state index contributed by atoms with van der Waals surface area (Å²) in [6.07, 6.45) is 1.10. The fourth-order valence-corrected chi connectivity index (χ4v) is 2.03. The summed E-state index contributed by atoms with van der Waals surface area (Å²) >= 11 is 0. The monoisotopic (exact) mass is 280 g/mol. The zero-order valence-electron chi connectivity index (χ0n) is 12.5. The van der Waals surface area contributed by atoms with Crippen molar-refractivity contribution in [1.29, 1.82) is 0 Å². The summed E-state index contributed by atoms with van der Waals surface area (Å²) in [5, 5.41) is 12.1. The van der Waals surface area contributed by atoms with Crippen LogP contribution in [0.25, 0.3) is 0 Å². The summed E-state index contributed by atoms with van der Waals surface area (Å²) in [5.41, 5.74) is 2.16. The van der Waals surface area contributed by atoms with Crippen LogP contribution in [0, 0.1) is 0 Å². The van der Waals surface area contributed by atoms with E-state index < -0.39 is 5.97 Å². The molecule has 0 fully saturated rings. The number of ether oxygens (including phenoxy) is 1. The van der Waals surface area contributed by atoms with Gasteiger partial charge in [0.05, 0.1) is 13.7 Å². The molecule has 2 N–H and O–H groups in total. The fraction of sp³-hybridized carbons (Fsp3) is 0.533. The molecule has 0 unspecified atom stereocenters. The molecule has 0 radical (unpaired) electrons. The van der Waals surface area contributed by atoms with Crippen molar-refractivity contribution in [3.63, 3.8) is 0 Å². The van der Waals surface area contributed by atoms with Gasteiger partial charge in [0.25, 0.3) is 0 Å². The Morgan fingerprint density at radius 1 is 1.45 bits per heavy atom. The van der Waals surface area contributed by atoms with Gasteiger partial charge in [-0.25, -0.2) is 0 Å². The Labute approximate surface area is 120 Å². The van der Waals surface area contributed by atoms with Crippen LogP contribution in [0.4, 0.5) is 0 Å². The molecule has 0 amide bonds. The Morgan fingerprint density at radius 3 is 2.80 bits per heavy atom. The Balaban J connectivity index is 2.68. The van der Waals surface area contributed by atoms with Gasteiger partial charge in [-0.05, 0) is 31.6 Å². The molecule has 0 saturated heterocycles. The average molecular weight is 280 g/mol. The average Bonchev–Trinajstić information content (AvgIpc) is 2.39. The molecule has 0 aromatic heterocycles. The van der Waals surface area contributed by atoms with Crippen LogP contribution in [0.1, 0.15) is 24.5 Å². The number of aliphatic carboxylic acids is 1. The van der Waals surface area contributed by atoms with Crippen molar-refractivity contribution >= 4 is 5.97 Å². The molecule has 0 bridgehead atoms. The van der Waals surface area contributed by atoms with E-state index in [-0.39, 0.29) is 6.54 Å². The molecule has 20 heavy (non-hydrogen) atoms. The Bertz CT molecular complexity index is 435. The zero-order chi connectivity index (χ0) is 15.0. The van der Waals surface area contributed by atoms with Gasteiger partial charge in [0.1, 0.15) is 5.75 Å². The lowest BCUT2D eigenvalue weighted by Gasteiger charge is -2.16. The second kappa shape index (κ2) is 8.55. The topological polar surface area (TPSA) is 61.8 Å². The van der Waals surface area contributed by atoms with Gasteiger partial charge in [0, 0.05) is 18.7 Å². The molecule has 5 heteroatoms. The van der Waals surface area contributed by atoms with Gasteiger partial charge in [-0.3, -0.25) is 9.69 Å². The van der Waals surface area contributed by atoms with E-state index in [1.165, 1.54) is 0 Å². The van der Waals surface area contributed by atoms with Crippen LogP contribution < -0.4 is 10.1 Å². The SMILES string of the molecule is CCCNCc1ccc(CN(C)CC(=O)O)cc1OC. The highest BCUT2D eigenvalue weighted by Crippen LogP contribution is 2.21. The van der Waals surface area contributed by atoms with Gasteiger partial charge in [0.2, 0.25) is 0 Å². The van der Waals surface area contributed by atoms with Crippen LogP contribution in [0.3, 0.4) is 0 Å². The van der Waals surface area contributed by atoms with Crippen LogP contribution >= 0.6 is 0 Å². The first-order valence-electron chi connectivity index (χ1n) is 6.83. The lowest BCUT2D eigenvalue weighted by Crippen LogP contribution is -2.25. The molecule has 1 rings (SSSR count). The maximum Gasteiger partial charge on any atom is 0.317 e. The van der Waals surface area contributed by atoms with E-state index in [9.17, 15) is 4.79 Å². The minimum atomic E-state index is -0.820. The summed E-state index contributed by atoms with van der Waals surface area (Å²) in [7, 11) is 3.45. The standard InChI is InChI=1S/C15H24N2O3/c1-4-7-16-9-13-6-5-12(8-14(13)20-3)10-17(2)11-15(18)19/h5-6,8,16H,4,7,9-11H2,1-3H3,(H,18,19). The van der Waals surface area contributed by atoms with Gasteiger partial charge < -0.3 is 15.2 Å². The maximum absolute atomic E-state index is 10.6. The Kier molecular flexibility index (Phi) is 7.04. The van der Waals surface area contributed by atoms with Gasteiger partial charge in [0.15, 0.2) is 0 Å². The minimum absolute atomic E-state index is 0.0299. The van der Waals surface area contributed by atoms with Crippen LogP contribution in [-0.4, -0.2) is 43.2 Å². The van der Waals surface area contributed by atoms with E-state index in [0.29, 0.717) is 6.54 Å². The number of nitrogens with zero attached hydrogens (tertiary/aromatic N) is 1. The highest BCUT2D eigenvalue weighted by Gasteiger charge is 2.08. The molecule has 112 valence electrons. The molecule has 0 aliphatic heterocycles. The molecule has 0 heterocycles. The molecule has 0 saturated carbocycles. The van der Waals surface area contributed by atoms with Gasteiger partial charge in [-0.2, -0.15) is 0 Å². The lowest BCUT2D eigenvalue weighted by molar-refractivity contribution is -0.138. The highest BCUT2D eigenvalue weighted by molar-refractivity contribution is 5.69. The maximum atomic E-state index is 10.6. The highest BCUT2D eigenvalue weighted by atomic mass is 16.5. The number of hydrogen-bond acceptors (Lipinski definition) is 4. The summed E-state index contributed by atoms with van der Waals surface area (Å²) < 4.78 is 5.40. The second-order valence-corrected chi connectivity index (χ2v) is 4.89. The molecule has 0 atom stereocenters. The van der Waals surface area contributed by atoms with Gasteiger partial charge in [-0.15, -0.1) is 0 Å². The largest absolute Gasteiger partial charge is 0.496 e. The quantitative estimate of drug-likeness (QED) is 0.674. The first kappa shape index (κ1) is 16.5. The van der Waals surface area contributed by atoms with Crippen molar-refractivity contribution in [2.45, 2.75) is 26.4 Å². The van der Waals surface area contributed by atoms with E-state index in [4.69, 9.17) is 9.84 Å². The number of rotatable bonds is 9. The van der Waals surface area contributed by atoms with Crippen molar-refractivity contribution in [2.75, 3.05) is 27.2 Å². The fourth-order valence-electron chi connectivity index (χ4n) is 2.03. The summed E-state index contributed by atoms with van der Waals surface area (Å²) in [6, 6.07) is 6.02. The third-order valence-corrected chi connectivity index (χ3v) is 2.95. The number of hydrogen-bond donors (Lipinski definition) is 2. The van der Waals surface area contributed by atoms with Crippen LogP contribution in [0.2, 0.25) is 0 Å². The second-order valence-electron chi connectivity index (χ2n) is 4.89. The predicted octanol–water partition coefficient (Wildman–Crippen LogP) is 1.71. The summed E-state index contributed by atoms with van der Waals surface area (Å²) in [4.78, 5) is 12.4. The minimum Gasteiger partial charge on any atom is -0.496 e. The molecule has 1 aromatic rings. The van der Waals surface area contributed by atoms with Crippen molar-refractivity contribution in [2.24, 2.45) is 0 Å². The molecular weight excluding hydrogens is 256 g/mol.